The fraction of sp³-hybridized carbons (Fsp3) is 0.562. The van der Waals surface area contributed by atoms with Crippen LogP contribution in [0.15, 0.2) is 18.2 Å². The van der Waals surface area contributed by atoms with Crippen LogP contribution >= 0.6 is 11.3 Å². The molecule has 3 rings (SSSR count). The lowest BCUT2D eigenvalue weighted by Crippen LogP contribution is -2.34. The number of nitrogens with zero attached hydrogens (tertiary/aromatic N) is 2. The van der Waals surface area contributed by atoms with Gasteiger partial charge in [0.25, 0.3) is 0 Å². The summed E-state index contributed by atoms with van der Waals surface area (Å²) in [4.78, 5) is 19.3. The second kappa shape index (κ2) is 6.10. The van der Waals surface area contributed by atoms with Gasteiger partial charge in [-0.15, -0.1) is 11.3 Å². The van der Waals surface area contributed by atoms with E-state index in [0.717, 1.165) is 26.1 Å². The predicted molar refractivity (Wildman–Crippen MR) is 83.0 cm³/mol. The summed E-state index contributed by atoms with van der Waals surface area (Å²) in [6.45, 7) is 7.07. The fourth-order valence-electron chi connectivity index (χ4n) is 3.03. The van der Waals surface area contributed by atoms with E-state index in [-0.39, 0.29) is 5.91 Å². The van der Waals surface area contributed by atoms with E-state index in [9.17, 15) is 4.79 Å². The van der Waals surface area contributed by atoms with E-state index in [2.05, 4.69) is 17.9 Å². The predicted octanol–water partition coefficient (Wildman–Crippen LogP) is 2.59. The molecule has 20 heavy (non-hydrogen) atoms. The molecule has 0 saturated carbocycles. The van der Waals surface area contributed by atoms with Crippen molar-refractivity contribution in [2.75, 3.05) is 26.2 Å². The van der Waals surface area contributed by atoms with Gasteiger partial charge in [0.15, 0.2) is 0 Å². The van der Waals surface area contributed by atoms with Crippen molar-refractivity contribution in [1.29, 1.82) is 0 Å². The monoisotopic (exact) mass is 290 g/mol. The molecule has 1 amide bonds. The molecule has 1 saturated heterocycles. The van der Waals surface area contributed by atoms with Crippen LogP contribution in [0.1, 0.15) is 28.2 Å². The Kier molecular flexibility index (Phi) is 4.22. The van der Waals surface area contributed by atoms with Crippen molar-refractivity contribution < 1.29 is 4.79 Å². The highest BCUT2D eigenvalue weighted by atomic mass is 32.1. The molecule has 0 N–H and O–H groups in total. The van der Waals surface area contributed by atoms with Gasteiger partial charge < -0.3 is 4.90 Å². The Labute approximate surface area is 124 Å². The highest BCUT2D eigenvalue weighted by Crippen LogP contribution is 2.27. The van der Waals surface area contributed by atoms with Gasteiger partial charge in [-0.25, -0.2) is 0 Å². The van der Waals surface area contributed by atoms with Gasteiger partial charge in [0.05, 0.1) is 6.54 Å². The normalized spacial score (nSPS) is 19.8. The van der Waals surface area contributed by atoms with E-state index < -0.39 is 0 Å². The summed E-state index contributed by atoms with van der Waals surface area (Å²) in [6, 6.07) is 2.27. The molecule has 1 aromatic rings. The first-order valence-corrected chi connectivity index (χ1v) is 8.30. The Balaban J connectivity index is 1.54. The first kappa shape index (κ1) is 13.8. The average molecular weight is 290 g/mol. The van der Waals surface area contributed by atoms with Crippen molar-refractivity contribution in [3.05, 3.63) is 33.5 Å². The van der Waals surface area contributed by atoms with Crippen LogP contribution in [0.25, 0.3) is 0 Å². The van der Waals surface area contributed by atoms with E-state index in [1.54, 1.807) is 6.08 Å². The molecule has 2 aliphatic heterocycles. The molecule has 1 fully saturated rings. The van der Waals surface area contributed by atoms with Crippen molar-refractivity contribution >= 4 is 17.2 Å². The Morgan fingerprint density at radius 2 is 2.15 bits per heavy atom. The quantitative estimate of drug-likeness (QED) is 0.799. The fourth-order valence-corrected chi connectivity index (χ4v) is 4.13. The summed E-state index contributed by atoms with van der Waals surface area (Å²) in [5.41, 5.74) is 1.44. The number of hydrogen-bond donors (Lipinski definition) is 0. The van der Waals surface area contributed by atoms with Crippen LogP contribution in [0.4, 0.5) is 0 Å². The number of amides is 1. The molecule has 2 aliphatic rings. The average Bonchev–Trinajstić information content (AvgIpc) is 3.05. The highest BCUT2D eigenvalue weighted by Gasteiger charge is 2.20. The molecule has 0 spiro atoms. The SMILES string of the molecule is Cc1cc2c(s1)CN(C(=O)/C=C/CN1CCCC1)CC2. The lowest BCUT2D eigenvalue weighted by molar-refractivity contribution is -0.126. The Morgan fingerprint density at radius 3 is 2.95 bits per heavy atom. The van der Waals surface area contributed by atoms with Crippen molar-refractivity contribution in [2.45, 2.75) is 32.7 Å². The third-order valence-electron chi connectivity index (χ3n) is 4.14. The van der Waals surface area contributed by atoms with Crippen molar-refractivity contribution in [2.24, 2.45) is 0 Å². The minimum atomic E-state index is 0.167. The first-order valence-electron chi connectivity index (χ1n) is 7.48. The zero-order valence-corrected chi connectivity index (χ0v) is 12.9. The number of aryl methyl sites for hydroxylation is 1. The molecular weight excluding hydrogens is 268 g/mol. The number of fused-ring (bicyclic) bond motifs is 1. The lowest BCUT2D eigenvalue weighted by Gasteiger charge is -2.25. The van der Waals surface area contributed by atoms with E-state index in [1.807, 2.05) is 22.3 Å². The maximum atomic E-state index is 12.2. The first-order chi connectivity index (χ1) is 9.72. The molecule has 0 unspecified atom stereocenters. The van der Waals surface area contributed by atoms with Gasteiger partial charge >= 0.3 is 0 Å². The van der Waals surface area contributed by atoms with Crippen molar-refractivity contribution in [3.63, 3.8) is 0 Å². The van der Waals surface area contributed by atoms with Crippen molar-refractivity contribution in [3.8, 4) is 0 Å². The maximum absolute atomic E-state index is 12.2. The van der Waals surface area contributed by atoms with E-state index in [4.69, 9.17) is 0 Å². The van der Waals surface area contributed by atoms with Gasteiger partial charge in [-0.1, -0.05) is 6.08 Å². The third kappa shape index (κ3) is 3.13. The molecule has 0 bridgehead atoms. The summed E-state index contributed by atoms with van der Waals surface area (Å²) in [5, 5.41) is 0. The highest BCUT2D eigenvalue weighted by molar-refractivity contribution is 7.12. The zero-order chi connectivity index (χ0) is 13.9. The Bertz CT molecular complexity index is 515. The number of carbonyl (C=O) groups is 1. The van der Waals surface area contributed by atoms with Gasteiger partial charge in [-0.05, 0) is 50.9 Å². The standard InChI is InChI=1S/C16H22N2OS/c1-13-11-14-6-10-18(12-15(14)20-13)16(19)5-4-9-17-7-2-3-8-17/h4-5,11H,2-3,6-10,12H2,1H3/b5-4+. The molecular formula is C16H22N2OS. The van der Waals surface area contributed by atoms with Crippen LogP contribution in [0.3, 0.4) is 0 Å². The zero-order valence-electron chi connectivity index (χ0n) is 12.1. The van der Waals surface area contributed by atoms with Gasteiger partial charge in [-0.2, -0.15) is 0 Å². The van der Waals surface area contributed by atoms with Crippen LogP contribution in [0.2, 0.25) is 0 Å². The largest absolute Gasteiger partial charge is 0.334 e. The lowest BCUT2D eigenvalue weighted by atomic mass is 10.1. The molecule has 108 valence electrons. The smallest absolute Gasteiger partial charge is 0.246 e. The summed E-state index contributed by atoms with van der Waals surface area (Å²) >= 11 is 1.83. The second-order valence-corrected chi connectivity index (χ2v) is 7.07. The summed E-state index contributed by atoms with van der Waals surface area (Å²) in [5.74, 6) is 0.167. The molecule has 0 atom stereocenters. The number of hydrogen-bond acceptors (Lipinski definition) is 3. The molecule has 0 aliphatic carbocycles. The van der Waals surface area contributed by atoms with Crippen LogP contribution < -0.4 is 0 Å². The minimum Gasteiger partial charge on any atom is -0.334 e. The van der Waals surface area contributed by atoms with Crippen LogP contribution in [0, 0.1) is 6.92 Å². The molecule has 1 aromatic heterocycles. The molecule has 3 nitrogen and oxygen atoms in total. The van der Waals surface area contributed by atoms with E-state index >= 15 is 0 Å². The molecule has 3 heterocycles. The van der Waals surface area contributed by atoms with Crippen LogP contribution in [0.5, 0.6) is 0 Å². The summed E-state index contributed by atoms with van der Waals surface area (Å²) in [7, 11) is 0. The Morgan fingerprint density at radius 1 is 1.35 bits per heavy atom. The topological polar surface area (TPSA) is 23.6 Å². The number of likely N-dealkylation sites (tertiary alicyclic amines) is 1. The number of rotatable bonds is 3. The van der Waals surface area contributed by atoms with Gasteiger partial charge in [0, 0.05) is 28.9 Å². The van der Waals surface area contributed by atoms with E-state index in [1.165, 1.54) is 41.2 Å². The van der Waals surface area contributed by atoms with Crippen LogP contribution in [-0.2, 0) is 17.8 Å². The van der Waals surface area contributed by atoms with E-state index in [0.29, 0.717) is 0 Å². The molecule has 0 radical (unpaired) electrons. The molecule has 4 heteroatoms. The number of carbonyl (C=O) groups excluding carboxylic acids is 1. The maximum Gasteiger partial charge on any atom is 0.246 e. The van der Waals surface area contributed by atoms with Crippen LogP contribution in [-0.4, -0.2) is 41.9 Å². The molecule has 0 aromatic carbocycles. The summed E-state index contributed by atoms with van der Waals surface area (Å²) < 4.78 is 0. The third-order valence-corrected chi connectivity index (χ3v) is 5.22. The summed E-state index contributed by atoms with van der Waals surface area (Å²) in [6.07, 6.45) is 7.40. The number of thiophene rings is 1. The van der Waals surface area contributed by atoms with Gasteiger partial charge in [0.1, 0.15) is 0 Å². The second-order valence-electron chi connectivity index (χ2n) is 5.73. The van der Waals surface area contributed by atoms with Gasteiger partial charge in [0.2, 0.25) is 5.91 Å². The van der Waals surface area contributed by atoms with Gasteiger partial charge in [-0.3, -0.25) is 9.69 Å². The van der Waals surface area contributed by atoms with Crippen molar-refractivity contribution in [1.82, 2.24) is 9.80 Å². The minimum absolute atomic E-state index is 0.167. The Hall–Kier alpha value is -1.13.